The van der Waals surface area contributed by atoms with E-state index in [2.05, 4.69) is 29.0 Å². The lowest BCUT2D eigenvalue weighted by Crippen LogP contribution is -2.22. The van der Waals surface area contributed by atoms with Gasteiger partial charge in [-0.15, -0.1) is 0 Å². The average Bonchev–Trinajstić information content (AvgIpc) is 2.68. The summed E-state index contributed by atoms with van der Waals surface area (Å²) in [4.78, 5) is 6.71. The van der Waals surface area contributed by atoms with Crippen LogP contribution in [0.1, 0.15) is 19.4 Å². The molecule has 0 radical (unpaired) electrons. The zero-order valence-electron chi connectivity index (χ0n) is 15.5. The Morgan fingerprint density at radius 2 is 1.92 bits per heavy atom. The summed E-state index contributed by atoms with van der Waals surface area (Å²) in [5, 5.41) is 14.6. The molecule has 3 rings (SSSR count). The minimum atomic E-state index is 0.323. The molecule has 1 aromatic heterocycles. The van der Waals surface area contributed by atoms with Gasteiger partial charge in [0.05, 0.1) is 7.11 Å². The second kappa shape index (κ2) is 8.06. The van der Waals surface area contributed by atoms with Gasteiger partial charge in [0.15, 0.2) is 0 Å². The number of phenolic OH excluding ortho intramolecular Hbond substituents is 1. The second-order valence-electron chi connectivity index (χ2n) is 6.14. The van der Waals surface area contributed by atoms with E-state index in [9.17, 15) is 5.11 Å². The molecule has 2 N–H and O–H groups in total. The van der Waals surface area contributed by atoms with Crippen LogP contribution in [0, 0.1) is 0 Å². The highest BCUT2D eigenvalue weighted by atomic mass is 16.5. The maximum atomic E-state index is 10.2. The Morgan fingerprint density at radius 1 is 1.12 bits per heavy atom. The number of ether oxygens (including phenoxy) is 1. The fraction of sp³-hybridized carbons (Fsp3) is 0.286. The van der Waals surface area contributed by atoms with E-state index in [0.717, 1.165) is 53.2 Å². The van der Waals surface area contributed by atoms with Crippen molar-refractivity contribution >= 4 is 22.3 Å². The molecule has 26 heavy (non-hydrogen) atoms. The van der Waals surface area contributed by atoms with Crippen molar-refractivity contribution in [1.29, 1.82) is 0 Å². The lowest BCUT2D eigenvalue weighted by atomic mass is 10.1. The first-order chi connectivity index (χ1) is 12.7. The van der Waals surface area contributed by atoms with Gasteiger partial charge < -0.3 is 15.2 Å². The third kappa shape index (κ3) is 3.73. The Balaban J connectivity index is 1.93. The van der Waals surface area contributed by atoms with Crippen LogP contribution in [0.5, 0.6) is 11.5 Å². The number of hydrogen-bond donors (Lipinski definition) is 2. The van der Waals surface area contributed by atoms with Crippen molar-refractivity contribution < 1.29 is 9.84 Å². The van der Waals surface area contributed by atoms with E-state index in [1.807, 2.05) is 36.4 Å². The van der Waals surface area contributed by atoms with Crippen LogP contribution in [0.2, 0.25) is 0 Å². The van der Waals surface area contributed by atoms with Gasteiger partial charge in [-0.2, -0.15) is 0 Å². The molecule has 0 aliphatic heterocycles. The Labute approximate surface area is 154 Å². The molecule has 1 heterocycles. The summed E-state index contributed by atoms with van der Waals surface area (Å²) in [6.07, 6.45) is 1.77. The van der Waals surface area contributed by atoms with Crippen molar-refractivity contribution in [3.05, 3.63) is 54.2 Å². The zero-order valence-corrected chi connectivity index (χ0v) is 15.5. The molecule has 0 aliphatic carbocycles. The molecular weight excluding hydrogens is 326 g/mol. The van der Waals surface area contributed by atoms with Crippen molar-refractivity contribution in [1.82, 2.24) is 9.88 Å². The smallest absolute Gasteiger partial charge is 0.145 e. The zero-order chi connectivity index (χ0) is 18.5. The molecule has 5 nitrogen and oxygen atoms in total. The molecule has 0 saturated heterocycles. The fourth-order valence-corrected chi connectivity index (χ4v) is 3.06. The molecule has 0 amide bonds. The molecule has 0 bridgehead atoms. The highest BCUT2D eigenvalue weighted by molar-refractivity contribution is 5.96. The van der Waals surface area contributed by atoms with Gasteiger partial charge in [-0.05, 0) is 43.4 Å². The minimum absolute atomic E-state index is 0.323. The number of para-hydroxylation sites is 1. The molecule has 0 aliphatic rings. The second-order valence-corrected chi connectivity index (χ2v) is 6.14. The van der Waals surface area contributed by atoms with E-state index in [1.54, 1.807) is 19.4 Å². The number of hydrogen-bond acceptors (Lipinski definition) is 5. The highest BCUT2D eigenvalue weighted by Crippen LogP contribution is 2.31. The maximum Gasteiger partial charge on any atom is 0.145 e. The van der Waals surface area contributed by atoms with Gasteiger partial charge in [0.1, 0.15) is 17.0 Å². The van der Waals surface area contributed by atoms with Gasteiger partial charge in [0.2, 0.25) is 0 Å². The number of benzene rings is 2. The van der Waals surface area contributed by atoms with E-state index < -0.39 is 0 Å². The summed E-state index contributed by atoms with van der Waals surface area (Å²) in [6.45, 7) is 6.86. The average molecular weight is 351 g/mol. The Bertz CT molecular complexity index is 892. The molecule has 0 atom stereocenters. The van der Waals surface area contributed by atoms with E-state index in [1.165, 1.54) is 0 Å². The SMILES string of the molecule is CCN(CC)Cc1cc(Nc2ccnc3c(OC)cccc23)ccc1O. The van der Waals surface area contributed by atoms with E-state index in [4.69, 9.17) is 4.74 Å². The van der Waals surface area contributed by atoms with Crippen molar-refractivity contribution in [2.75, 3.05) is 25.5 Å². The van der Waals surface area contributed by atoms with Gasteiger partial charge in [0, 0.05) is 35.1 Å². The number of aromatic nitrogens is 1. The van der Waals surface area contributed by atoms with Crippen molar-refractivity contribution in [2.45, 2.75) is 20.4 Å². The lowest BCUT2D eigenvalue weighted by Gasteiger charge is -2.19. The standard InChI is InChI=1S/C21H25N3O2/c1-4-24(5-2)14-15-13-16(9-10-19(15)25)23-18-11-12-22-21-17(18)7-6-8-20(21)26-3/h6-13,25H,4-5,14H2,1-3H3,(H,22,23). The predicted octanol–water partition coefficient (Wildman–Crippen LogP) is 4.53. The third-order valence-corrected chi connectivity index (χ3v) is 4.60. The van der Waals surface area contributed by atoms with Crippen LogP contribution in [0.4, 0.5) is 11.4 Å². The lowest BCUT2D eigenvalue weighted by molar-refractivity contribution is 0.291. The van der Waals surface area contributed by atoms with Crippen molar-refractivity contribution in [2.24, 2.45) is 0 Å². The number of methoxy groups -OCH3 is 1. The predicted molar refractivity (Wildman–Crippen MR) is 106 cm³/mol. The number of pyridine rings is 1. The van der Waals surface area contributed by atoms with Gasteiger partial charge in [0.25, 0.3) is 0 Å². The van der Waals surface area contributed by atoms with E-state index in [0.29, 0.717) is 5.75 Å². The number of phenols is 1. The first-order valence-corrected chi connectivity index (χ1v) is 8.89. The monoisotopic (exact) mass is 351 g/mol. The summed E-state index contributed by atoms with van der Waals surface area (Å²) in [7, 11) is 1.65. The molecule has 3 aromatic rings. The summed E-state index contributed by atoms with van der Waals surface area (Å²) >= 11 is 0. The Morgan fingerprint density at radius 3 is 2.65 bits per heavy atom. The van der Waals surface area contributed by atoms with Crippen molar-refractivity contribution in [3.63, 3.8) is 0 Å². The summed E-state index contributed by atoms with van der Waals surface area (Å²) < 4.78 is 5.41. The van der Waals surface area contributed by atoms with Crippen LogP contribution >= 0.6 is 0 Å². The van der Waals surface area contributed by atoms with Crippen LogP contribution in [-0.4, -0.2) is 35.2 Å². The molecule has 5 heteroatoms. The number of nitrogens with zero attached hydrogens (tertiary/aromatic N) is 2. The number of rotatable bonds is 7. The summed E-state index contributed by atoms with van der Waals surface area (Å²) in [5.41, 5.74) is 3.62. The van der Waals surface area contributed by atoms with E-state index >= 15 is 0 Å². The molecule has 2 aromatic carbocycles. The highest BCUT2D eigenvalue weighted by Gasteiger charge is 2.10. The van der Waals surface area contributed by atoms with Crippen LogP contribution in [0.15, 0.2) is 48.7 Å². The molecule has 0 spiro atoms. The summed E-state index contributed by atoms with van der Waals surface area (Å²) in [5.74, 6) is 1.07. The van der Waals surface area contributed by atoms with Crippen LogP contribution < -0.4 is 10.1 Å². The number of nitrogens with one attached hydrogen (secondary N) is 1. The number of fused-ring (bicyclic) bond motifs is 1. The number of aromatic hydroxyl groups is 1. The van der Waals surface area contributed by atoms with Gasteiger partial charge in [-0.3, -0.25) is 9.88 Å². The molecule has 0 fully saturated rings. The quantitative estimate of drug-likeness (QED) is 0.612. The molecule has 136 valence electrons. The largest absolute Gasteiger partial charge is 0.508 e. The topological polar surface area (TPSA) is 57.6 Å². The van der Waals surface area contributed by atoms with Gasteiger partial charge in [-0.1, -0.05) is 26.0 Å². The van der Waals surface area contributed by atoms with Gasteiger partial charge in [-0.25, -0.2) is 0 Å². The van der Waals surface area contributed by atoms with Crippen molar-refractivity contribution in [3.8, 4) is 11.5 Å². The maximum absolute atomic E-state index is 10.2. The summed E-state index contributed by atoms with van der Waals surface area (Å²) in [6, 6.07) is 13.4. The minimum Gasteiger partial charge on any atom is -0.508 e. The molecular formula is C21H25N3O2. The van der Waals surface area contributed by atoms with E-state index in [-0.39, 0.29) is 0 Å². The Kier molecular flexibility index (Phi) is 5.58. The fourth-order valence-electron chi connectivity index (χ4n) is 3.06. The van der Waals surface area contributed by atoms with Crippen LogP contribution in [0.3, 0.4) is 0 Å². The first kappa shape index (κ1) is 18.0. The van der Waals surface area contributed by atoms with Crippen LogP contribution in [-0.2, 0) is 6.54 Å². The Hall–Kier alpha value is -2.79. The van der Waals surface area contributed by atoms with Gasteiger partial charge >= 0.3 is 0 Å². The van der Waals surface area contributed by atoms with Crippen LogP contribution in [0.25, 0.3) is 10.9 Å². The normalized spacial score (nSPS) is 11.1. The number of anilines is 2. The first-order valence-electron chi connectivity index (χ1n) is 8.89. The molecule has 0 saturated carbocycles. The molecule has 0 unspecified atom stereocenters. The third-order valence-electron chi connectivity index (χ3n) is 4.60.